The molecule has 2 atom stereocenters. The highest BCUT2D eigenvalue weighted by molar-refractivity contribution is 8.77. The number of hydrogen-bond donors (Lipinski definition) is 0. The van der Waals surface area contributed by atoms with Crippen molar-refractivity contribution >= 4 is 33.5 Å². The summed E-state index contributed by atoms with van der Waals surface area (Å²) in [4.78, 5) is 25.2. The topological polar surface area (TPSA) is 61.8 Å². The smallest absolute Gasteiger partial charge is 0.306 e. The summed E-state index contributed by atoms with van der Waals surface area (Å²) in [5.41, 5.74) is 0. The highest BCUT2D eigenvalue weighted by Crippen LogP contribution is 2.39. The van der Waals surface area contributed by atoms with Crippen LogP contribution in [-0.4, -0.2) is 48.9 Å². The molecule has 56 heavy (non-hydrogen) atoms. The van der Waals surface area contributed by atoms with Crippen LogP contribution in [0.15, 0.2) is 72.9 Å². The quantitative estimate of drug-likeness (QED) is 0.0265. The summed E-state index contributed by atoms with van der Waals surface area (Å²) >= 11 is 0. The van der Waals surface area contributed by atoms with Crippen molar-refractivity contribution in [2.75, 3.05) is 25.6 Å². The Morgan fingerprint density at radius 3 is 1.61 bits per heavy atom. The Kier molecular flexibility index (Phi) is 39.6. The second-order valence-corrected chi connectivity index (χ2v) is 17.8. The molecular formula is C49H82O5S2. The third-order valence-electron chi connectivity index (χ3n) is 9.67. The van der Waals surface area contributed by atoms with Crippen molar-refractivity contribution < 1.29 is 23.8 Å². The fraction of sp³-hybridized carbons (Fsp3) is 0.714. The van der Waals surface area contributed by atoms with Crippen LogP contribution in [0.4, 0.5) is 0 Å². The van der Waals surface area contributed by atoms with E-state index >= 15 is 0 Å². The minimum Gasteiger partial charge on any atom is -0.462 e. The summed E-state index contributed by atoms with van der Waals surface area (Å²) < 4.78 is 17.2. The SMILES string of the molecule is CC/C=C\C/C=C\C/C=C\C/C=C\C/C=C\C/C=C\CCC(=O)OC(COCCCCCCCCCCCCCCCC)COC(=O)CCCC[C@@H]1CCSS1. The van der Waals surface area contributed by atoms with Crippen LogP contribution in [0.25, 0.3) is 0 Å². The average Bonchev–Trinajstić information content (AvgIpc) is 3.73. The summed E-state index contributed by atoms with van der Waals surface area (Å²) in [5.74, 6) is 0.738. The zero-order chi connectivity index (χ0) is 40.3. The van der Waals surface area contributed by atoms with Gasteiger partial charge in [-0.15, -0.1) is 0 Å². The highest BCUT2D eigenvalue weighted by atomic mass is 33.1. The molecule has 1 aliphatic rings. The molecule has 0 N–H and O–H groups in total. The summed E-state index contributed by atoms with van der Waals surface area (Å²) in [5, 5.41) is 0.726. The van der Waals surface area contributed by atoms with E-state index in [9.17, 15) is 9.59 Å². The maximum Gasteiger partial charge on any atom is 0.306 e. The molecule has 5 nitrogen and oxygen atoms in total. The van der Waals surface area contributed by atoms with Gasteiger partial charge in [0.15, 0.2) is 6.10 Å². The van der Waals surface area contributed by atoms with Gasteiger partial charge in [-0.1, -0.05) is 198 Å². The van der Waals surface area contributed by atoms with Crippen LogP contribution in [0, 0.1) is 0 Å². The van der Waals surface area contributed by atoms with Crippen molar-refractivity contribution in [2.45, 2.75) is 199 Å². The Labute approximate surface area is 352 Å². The van der Waals surface area contributed by atoms with Crippen LogP contribution >= 0.6 is 21.6 Å². The van der Waals surface area contributed by atoms with Crippen molar-refractivity contribution in [2.24, 2.45) is 0 Å². The van der Waals surface area contributed by atoms with E-state index in [-0.39, 0.29) is 25.2 Å². The average molecular weight is 815 g/mol. The maximum atomic E-state index is 12.7. The summed E-state index contributed by atoms with van der Waals surface area (Å²) in [6.45, 7) is 5.38. The van der Waals surface area contributed by atoms with Crippen LogP contribution in [0.2, 0.25) is 0 Å². The van der Waals surface area contributed by atoms with Gasteiger partial charge in [-0.2, -0.15) is 0 Å². The van der Waals surface area contributed by atoms with Crippen LogP contribution in [0.3, 0.4) is 0 Å². The molecule has 1 heterocycles. The Balaban J connectivity index is 2.25. The molecule has 1 aliphatic heterocycles. The first-order valence-corrected chi connectivity index (χ1v) is 25.1. The molecule has 0 spiro atoms. The fourth-order valence-corrected chi connectivity index (χ4v) is 9.31. The lowest BCUT2D eigenvalue weighted by atomic mass is 10.0. The van der Waals surface area contributed by atoms with Crippen molar-refractivity contribution in [3.8, 4) is 0 Å². The lowest BCUT2D eigenvalue weighted by molar-refractivity contribution is -0.162. The fourth-order valence-electron chi connectivity index (χ4n) is 6.28. The van der Waals surface area contributed by atoms with Crippen LogP contribution in [0.5, 0.6) is 0 Å². The Bertz CT molecular complexity index is 1070. The van der Waals surface area contributed by atoms with Gasteiger partial charge in [-0.3, -0.25) is 9.59 Å². The van der Waals surface area contributed by atoms with Crippen LogP contribution < -0.4 is 0 Å². The number of ether oxygens (including phenoxy) is 3. The summed E-state index contributed by atoms with van der Waals surface area (Å²) in [7, 11) is 3.94. The van der Waals surface area contributed by atoms with Gasteiger partial charge in [-0.05, 0) is 70.6 Å². The minimum absolute atomic E-state index is 0.0539. The van der Waals surface area contributed by atoms with Crippen molar-refractivity contribution in [3.63, 3.8) is 0 Å². The van der Waals surface area contributed by atoms with Crippen molar-refractivity contribution in [3.05, 3.63) is 72.9 Å². The lowest BCUT2D eigenvalue weighted by Crippen LogP contribution is -2.30. The number of unbranched alkanes of at least 4 members (excludes halogenated alkanes) is 14. The zero-order valence-corrected chi connectivity index (χ0v) is 37.5. The summed E-state index contributed by atoms with van der Waals surface area (Å²) in [6.07, 6.45) is 55.5. The van der Waals surface area contributed by atoms with Gasteiger partial charge < -0.3 is 14.2 Å². The molecule has 1 fully saturated rings. The number of carbonyl (C=O) groups excluding carboxylic acids is 2. The van der Waals surface area contributed by atoms with E-state index in [0.717, 1.165) is 75.9 Å². The molecule has 320 valence electrons. The molecule has 0 aromatic heterocycles. The van der Waals surface area contributed by atoms with Gasteiger partial charge in [0.2, 0.25) is 0 Å². The van der Waals surface area contributed by atoms with Gasteiger partial charge in [-0.25, -0.2) is 0 Å². The molecule has 1 rings (SSSR count). The molecule has 1 unspecified atom stereocenters. The van der Waals surface area contributed by atoms with E-state index < -0.39 is 6.10 Å². The van der Waals surface area contributed by atoms with E-state index in [1.807, 2.05) is 27.7 Å². The molecule has 7 heteroatoms. The van der Waals surface area contributed by atoms with Crippen LogP contribution in [-0.2, 0) is 23.8 Å². The molecule has 0 aromatic carbocycles. The van der Waals surface area contributed by atoms with E-state index in [0.29, 0.717) is 25.9 Å². The van der Waals surface area contributed by atoms with Gasteiger partial charge in [0.1, 0.15) is 6.61 Å². The molecule has 1 saturated heterocycles. The van der Waals surface area contributed by atoms with E-state index in [2.05, 4.69) is 80.7 Å². The second-order valence-electron chi connectivity index (χ2n) is 15.0. The first-order valence-electron chi connectivity index (χ1n) is 22.8. The monoisotopic (exact) mass is 815 g/mol. The highest BCUT2D eigenvalue weighted by Gasteiger charge is 2.18. The third kappa shape index (κ3) is 37.6. The molecule has 0 radical (unpaired) electrons. The maximum absolute atomic E-state index is 12.7. The van der Waals surface area contributed by atoms with E-state index in [1.54, 1.807) is 0 Å². The minimum atomic E-state index is -0.574. The Hall–Kier alpha value is -1.96. The Morgan fingerprint density at radius 1 is 0.571 bits per heavy atom. The van der Waals surface area contributed by atoms with Gasteiger partial charge >= 0.3 is 11.9 Å². The van der Waals surface area contributed by atoms with Crippen molar-refractivity contribution in [1.82, 2.24) is 0 Å². The first kappa shape index (κ1) is 52.1. The number of hydrogen-bond acceptors (Lipinski definition) is 7. The molecule has 0 aliphatic carbocycles. The third-order valence-corrected chi connectivity index (χ3v) is 12.7. The van der Waals surface area contributed by atoms with Gasteiger partial charge in [0.25, 0.3) is 0 Å². The van der Waals surface area contributed by atoms with E-state index in [1.165, 1.54) is 89.2 Å². The second kappa shape index (κ2) is 42.6. The normalized spacial score (nSPS) is 15.6. The number of esters is 2. The van der Waals surface area contributed by atoms with Crippen molar-refractivity contribution in [1.29, 1.82) is 0 Å². The lowest BCUT2D eigenvalue weighted by Gasteiger charge is -2.18. The predicted molar refractivity (Wildman–Crippen MR) is 246 cm³/mol. The molecule has 0 bridgehead atoms. The molecule has 0 amide bonds. The molecular weight excluding hydrogens is 733 g/mol. The largest absolute Gasteiger partial charge is 0.462 e. The predicted octanol–water partition coefficient (Wildman–Crippen LogP) is 15.1. The molecule has 0 saturated carbocycles. The zero-order valence-electron chi connectivity index (χ0n) is 35.9. The molecule has 0 aromatic rings. The van der Waals surface area contributed by atoms with Gasteiger partial charge in [0.05, 0.1) is 6.61 Å². The summed E-state index contributed by atoms with van der Waals surface area (Å²) in [6, 6.07) is 0. The van der Waals surface area contributed by atoms with E-state index in [4.69, 9.17) is 14.2 Å². The number of rotatable bonds is 39. The number of carbonyl (C=O) groups is 2. The Morgan fingerprint density at radius 2 is 1.09 bits per heavy atom. The van der Waals surface area contributed by atoms with Crippen LogP contribution in [0.1, 0.15) is 187 Å². The van der Waals surface area contributed by atoms with Gasteiger partial charge in [0, 0.05) is 30.5 Å². The number of allylic oxidation sites excluding steroid dienone is 12. The standard InChI is InChI=1S/C49H82O5S2/c1-3-5-7-9-11-13-15-17-19-20-21-22-23-24-26-28-30-32-34-40-49(51)54-46(45-53-48(50)39-36-35-38-47-41-43-55-56-47)44-52-42-37-33-31-29-27-25-18-16-14-12-10-8-6-4-2/h5,7,11,13,17,19,21-22,24,26,30,32,46-47H,3-4,6,8-10,12,14-16,18,20,23,25,27-29,31,33-45H2,1-2H3/b7-5-,13-11-,19-17-,22-21-,26-24-,32-30-/t46?,47-/m1/s1. The first-order chi connectivity index (χ1) is 27.7.